The number of nitrogens with zero attached hydrogens (tertiary/aromatic N) is 1. The highest BCUT2D eigenvalue weighted by molar-refractivity contribution is 8.15. The second-order valence-corrected chi connectivity index (χ2v) is 6.23. The molecule has 1 saturated heterocycles. The van der Waals surface area contributed by atoms with E-state index in [0.717, 1.165) is 22.9 Å². The van der Waals surface area contributed by atoms with Crippen LogP contribution in [0.3, 0.4) is 0 Å². The van der Waals surface area contributed by atoms with Crippen LogP contribution in [0, 0.1) is 6.92 Å². The van der Waals surface area contributed by atoms with Crippen LogP contribution in [-0.4, -0.2) is 16.4 Å². The van der Waals surface area contributed by atoms with Gasteiger partial charge in [-0.2, -0.15) is 0 Å². The molecule has 3 nitrogen and oxygen atoms in total. The topological polar surface area (TPSA) is 37.4 Å². The average Bonchev–Trinajstić information content (AvgIpc) is 2.76. The Morgan fingerprint density at radius 2 is 1.67 bits per heavy atom. The number of hydrogen-bond acceptors (Lipinski definition) is 3. The van der Waals surface area contributed by atoms with E-state index in [1.807, 2.05) is 61.5 Å². The summed E-state index contributed by atoms with van der Waals surface area (Å²) in [6.45, 7) is 1.98. The van der Waals surface area contributed by atoms with E-state index in [1.54, 1.807) is 0 Å². The molecule has 0 saturated carbocycles. The van der Waals surface area contributed by atoms with E-state index in [-0.39, 0.29) is 16.4 Å². The quantitative estimate of drug-likeness (QED) is 0.864. The third kappa shape index (κ3) is 2.85. The molecule has 0 unspecified atom stereocenters. The molecule has 0 radical (unpaired) electrons. The van der Waals surface area contributed by atoms with Crippen LogP contribution in [0.15, 0.2) is 54.6 Å². The molecule has 1 heterocycles. The number of benzene rings is 2. The summed E-state index contributed by atoms with van der Waals surface area (Å²) in [5.74, 6) is -0.127. The van der Waals surface area contributed by atoms with Crippen molar-refractivity contribution in [3.63, 3.8) is 0 Å². The second kappa shape index (κ2) is 5.74. The fraction of sp³-hybridized carbons (Fsp3) is 0.176. The molecule has 1 fully saturated rings. The lowest BCUT2D eigenvalue weighted by molar-refractivity contribution is -0.117. The number of anilines is 1. The van der Waals surface area contributed by atoms with Crippen molar-refractivity contribution in [2.75, 3.05) is 4.90 Å². The number of rotatable bonds is 3. The Kier molecular flexibility index (Phi) is 3.80. The molecular weight excluding hydrogens is 282 g/mol. The number of carbonyl (C=O) groups is 2. The molecule has 0 aliphatic carbocycles. The second-order valence-electron chi connectivity index (χ2n) is 5.07. The van der Waals surface area contributed by atoms with Gasteiger partial charge in [0.1, 0.15) is 0 Å². The molecule has 0 N–H and O–H groups in total. The van der Waals surface area contributed by atoms with Crippen LogP contribution in [0.25, 0.3) is 0 Å². The monoisotopic (exact) mass is 297 g/mol. The Labute approximate surface area is 128 Å². The molecule has 0 spiro atoms. The molecule has 1 aliphatic rings. The summed E-state index contributed by atoms with van der Waals surface area (Å²) >= 11 is 1.11. The van der Waals surface area contributed by atoms with Crippen molar-refractivity contribution >= 4 is 28.6 Å². The van der Waals surface area contributed by atoms with Gasteiger partial charge >= 0.3 is 0 Å². The minimum Gasteiger partial charge on any atom is -0.273 e. The van der Waals surface area contributed by atoms with Gasteiger partial charge in [0, 0.05) is 0 Å². The van der Waals surface area contributed by atoms with Crippen LogP contribution in [0.2, 0.25) is 0 Å². The van der Waals surface area contributed by atoms with Gasteiger partial charge in [-0.05, 0) is 31.0 Å². The molecule has 1 aliphatic heterocycles. The molecule has 1 atom stereocenters. The Hall–Kier alpha value is -2.07. The summed E-state index contributed by atoms with van der Waals surface area (Å²) in [6, 6.07) is 17.2. The number of hydrogen-bond donors (Lipinski definition) is 0. The first-order valence-electron chi connectivity index (χ1n) is 6.80. The molecule has 2 aromatic rings. The lowest BCUT2D eigenvalue weighted by Gasteiger charge is -2.14. The minimum atomic E-state index is -0.332. The highest BCUT2D eigenvalue weighted by atomic mass is 32.2. The van der Waals surface area contributed by atoms with Crippen LogP contribution in [0.5, 0.6) is 0 Å². The van der Waals surface area contributed by atoms with Gasteiger partial charge in [0.2, 0.25) is 5.91 Å². The van der Waals surface area contributed by atoms with Gasteiger partial charge in [0.15, 0.2) is 0 Å². The number of imide groups is 1. The van der Waals surface area contributed by atoms with Crippen molar-refractivity contribution in [1.82, 2.24) is 0 Å². The molecule has 2 aromatic carbocycles. The fourth-order valence-corrected chi connectivity index (χ4v) is 3.37. The summed E-state index contributed by atoms with van der Waals surface area (Å²) in [5.41, 5.74) is 2.83. The van der Waals surface area contributed by atoms with Gasteiger partial charge < -0.3 is 0 Å². The van der Waals surface area contributed by atoms with E-state index >= 15 is 0 Å². The maximum atomic E-state index is 12.5. The average molecular weight is 297 g/mol. The van der Waals surface area contributed by atoms with Crippen molar-refractivity contribution in [3.8, 4) is 0 Å². The highest BCUT2D eigenvalue weighted by Crippen LogP contribution is 2.33. The van der Waals surface area contributed by atoms with E-state index in [1.165, 1.54) is 4.90 Å². The maximum Gasteiger partial charge on any atom is 0.293 e. The maximum absolute atomic E-state index is 12.5. The first-order valence-corrected chi connectivity index (χ1v) is 7.68. The lowest BCUT2D eigenvalue weighted by Crippen LogP contribution is -2.32. The first kappa shape index (κ1) is 13.9. The Balaban J connectivity index is 1.80. The number of aryl methyl sites for hydroxylation is 1. The van der Waals surface area contributed by atoms with Crippen molar-refractivity contribution < 1.29 is 9.59 Å². The van der Waals surface area contributed by atoms with E-state index < -0.39 is 0 Å². The third-order valence-corrected chi connectivity index (χ3v) is 4.51. The minimum absolute atomic E-state index is 0.127. The van der Waals surface area contributed by atoms with Gasteiger partial charge in [-0.3, -0.25) is 9.59 Å². The molecular formula is C17H15NO2S. The summed E-state index contributed by atoms with van der Waals surface area (Å²) in [7, 11) is 0. The molecule has 0 aromatic heterocycles. The zero-order valence-electron chi connectivity index (χ0n) is 11.7. The summed E-state index contributed by atoms with van der Waals surface area (Å²) in [6.07, 6.45) is 0.582. The molecule has 3 rings (SSSR count). The summed E-state index contributed by atoms with van der Waals surface area (Å²) < 4.78 is 0. The number of carbonyl (C=O) groups excluding carboxylic acids is 2. The largest absolute Gasteiger partial charge is 0.293 e. The van der Waals surface area contributed by atoms with Gasteiger partial charge in [-0.25, -0.2) is 4.90 Å². The fourth-order valence-electron chi connectivity index (χ4n) is 2.34. The zero-order chi connectivity index (χ0) is 14.8. The van der Waals surface area contributed by atoms with Crippen LogP contribution >= 0.6 is 11.8 Å². The van der Waals surface area contributed by atoms with Crippen LogP contribution in [-0.2, 0) is 11.2 Å². The Bertz CT molecular complexity index is 667. The SMILES string of the molecule is Cc1ccc(N2C(=O)S[C@H](Cc3ccccc3)C2=O)cc1. The first-order chi connectivity index (χ1) is 10.1. The van der Waals surface area contributed by atoms with Crippen LogP contribution < -0.4 is 4.90 Å². The normalized spacial score (nSPS) is 18.3. The van der Waals surface area contributed by atoms with Gasteiger partial charge in [-0.15, -0.1) is 0 Å². The number of thioether (sulfide) groups is 1. The zero-order valence-corrected chi connectivity index (χ0v) is 12.5. The Morgan fingerprint density at radius 3 is 2.33 bits per heavy atom. The predicted octanol–water partition coefficient (Wildman–Crippen LogP) is 3.81. The number of amides is 2. The van der Waals surface area contributed by atoms with Gasteiger partial charge in [0.25, 0.3) is 5.24 Å². The van der Waals surface area contributed by atoms with Crippen molar-refractivity contribution in [2.24, 2.45) is 0 Å². The van der Waals surface area contributed by atoms with E-state index in [2.05, 4.69) is 0 Å². The molecule has 2 amide bonds. The standard InChI is InChI=1S/C17H15NO2S/c1-12-7-9-14(10-8-12)18-16(19)15(21-17(18)20)11-13-5-3-2-4-6-13/h2-10,15H,11H2,1H3/t15-/m1/s1. The lowest BCUT2D eigenvalue weighted by atomic mass is 10.1. The van der Waals surface area contributed by atoms with E-state index in [9.17, 15) is 9.59 Å². The molecule has 21 heavy (non-hydrogen) atoms. The Morgan fingerprint density at radius 1 is 1.00 bits per heavy atom. The highest BCUT2D eigenvalue weighted by Gasteiger charge is 2.40. The van der Waals surface area contributed by atoms with Crippen molar-refractivity contribution in [2.45, 2.75) is 18.6 Å². The molecule has 106 valence electrons. The molecule has 4 heteroatoms. The van der Waals surface area contributed by atoms with E-state index in [4.69, 9.17) is 0 Å². The third-order valence-electron chi connectivity index (χ3n) is 3.48. The van der Waals surface area contributed by atoms with Crippen LogP contribution in [0.1, 0.15) is 11.1 Å². The molecule has 0 bridgehead atoms. The summed E-state index contributed by atoms with van der Waals surface area (Å²) in [5, 5.41) is -0.522. The van der Waals surface area contributed by atoms with Crippen LogP contribution in [0.4, 0.5) is 10.5 Å². The van der Waals surface area contributed by atoms with Crippen molar-refractivity contribution in [3.05, 3.63) is 65.7 Å². The van der Waals surface area contributed by atoms with E-state index in [0.29, 0.717) is 12.1 Å². The van der Waals surface area contributed by atoms with Crippen molar-refractivity contribution in [1.29, 1.82) is 0 Å². The van der Waals surface area contributed by atoms with Gasteiger partial charge in [0.05, 0.1) is 10.9 Å². The predicted molar refractivity (Wildman–Crippen MR) is 85.6 cm³/mol. The summed E-state index contributed by atoms with van der Waals surface area (Å²) in [4.78, 5) is 25.9. The van der Waals surface area contributed by atoms with Gasteiger partial charge in [-0.1, -0.05) is 59.8 Å². The smallest absolute Gasteiger partial charge is 0.273 e.